The summed E-state index contributed by atoms with van der Waals surface area (Å²) in [7, 11) is 0. The number of benzene rings is 2. The van der Waals surface area contributed by atoms with Crippen molar-refractivity contribution in [3.63, 3.8) is 0 Å². The highest BCUT2D eigenvalue weighted by molar-refractivity contribution is 6.04. The van der Waals surface area contributed by atoms with Gasteiger partial charge in [0.2, 0.25) is 0 Å². The fourth-order valence-corrected chi connectivity index (χ4v) is 2.84. The molecule has 0 bridgehead atoms. The van der Waals surface area contributed by atoms with E-state index in [0.717, 1.165) is 0 Å². The summed E-state index contributed by atoms with van der Waals surface area (Å²) in [6, 6.07) is 10.5. The Kier molecular flexibility index (Phi) is 7.02. The van der Waals surface area contributed by atoms with Crippen LogP contribution >= 0.6 is 0 Å². The van der Waals surface area contributed by atoms with Crippen molar-refractivity contribution < 1.29 is 28.2 Å². The fourth-order valence-electron chi connectivity index (χ4n) is 2.84. The lowest BCUT2D eigenvalue weighted by Crippen LogP contribution is -2.43. The Labute approximate surface area is 168 Å². The molecule has 0 spiro atoms. The highest BCUT2D eigenvalue weighted by Crippen LogP contribution is 2.29. The number of amides is 2. The molecule has 29 heavy (non-hydrogen) atoms. The van der Waals surface area contributed by atoms with E-state index in [2.05, 4.69) is 5.32 Å². The van der Waals surface area contributed by atoms with Crippen molar-refractivity contribution in [2.24, 2.45) is 0 Å². The summed E-state index contributed by atoms with van der Waals surface area (Å²) in [4.78, 5) is 26.4. The highest BCUT2D eigenvalue weighted by atomic mass is 19.1. The number of hydrogen-bond donors (Lipinski definition) is 1. The van der Waals surface area contributed by atoms with Crippen LogP contribution in [0.2, 0.25) is 0 Å². The molecule has 0 atom stereocenters. The minimum atomic E-state index is -0.521. The van der Waals surface area contributed by atoms with Crippen molar-refractivity contribution in [1.82, 2.24) is 4.90 Å². The molecule has 7 nitrogen and oxygen atoms in total. The van der Waals surface area contributed by atoms with E-state index in [1.54, 1.807) is 30.0 Å². The summed E-state index contributed by atoms with van der Waals surface area (Å²) in [6.07, 6.45) is 0. The number of hydrogen-bond acceptors (Lipinski definition) is 5. The van der Waals surface area contributed by atoms with Crippen molar-refractivity contribution in [1.29, 1.82) is 0 Å². The van der Waals surface area contributed by atoms with Crippen LogP contribution < -0.4 is 14.8 Å². The molecule has 1 N–H and O–H groups in total. The van der Waals surface area contributed by atoms with Gasteiger partial charge >= 0.3 is 0 Å². The van der Waals surface area contributed by atoms with Crippen LogP contribution in [0.5, 0.6) is 11.5 Å². The van der Waals surface area contributed by atoms with Crippen molar-refractivity contribution in [2.45, 2.75) is 6.92 Å². The summed E-state index contributed by atoms with van der Waals surface area (Å²) < 4.78 is 30.2. The monoisotopic (exact) mass is 402 g/mol. The average molecular weight is 402 g/mol. The van der Waals surface area contributed by atoms with Crippen LogP contribution in [0.1, 0.15) is 17.3 Å². The van der Waals surface area contributed by atoms with Gasteiger partial charge in [0.1, 0.15) is 5.82 Å². The van der Waals surface area contributed by atoms with E-state index in [1.165, 1.54) is 24.3 Å². The van der Waals surface area contributed by atoms with Crippen LogP contribution in [0.3, 0.4) is 0 Å². The second-order valence-corrected chi connectivity index (χ2v) is 6.31. The molecule has 0 unspecified atom stereocenters. The van der Waals surface area contributed by atoms with E-state index in [1.807, 2.05) is 0 Å². The molecular formula is C21H23FN2O5. The Morgan fingerprint density at radius 1 is 1.10 bits per heavy atom. The number of para-hydroxylation sites is 1. The molecule has 0 aromatic heterocycles. The zero-order valence-electron chi connectivity index (χ0n) is 16.2. The average Bonchev–Trinajstić information content (AvgIpc) is 2.75. The molecule has 0 aliphatic carbocycles. The van der Waals surface area contributed by atoms with Crippen LogP contribution in [-0.4, -0.2) is 56.2 Å². The Morgan fingerprint density at radius 3 is 2.59 bits per heavy atom. The molecular weight excluding hydrogens is 379 g/mol. The van der Waals surface area contributed by atoms with E-state index in [0.29, 0.717) is 44.4 Å². The van der Waals surface area contributed by atoms with Crippen molar-refractivity contribution in [3.05, 3.63) is 53.8 Å². The van der Waals surface area contributed by atoms with Crippen LogP contribution in [0.25, 0.3) is 0 Å². The first-order valence-corrected chi connectivity index (χ1v) is 9.39. The summed E-state index contributed by atoms with van der Waals surface area (Å²) in [6.45, 7) is 4.12. The molecule has 3 rings (SSSR count). The van der Waals surface area contributed by atoms with Gasteiger partial charge in [-0.05, 0) is 37.3 Å². The van der Waals surface area contributed by atoms with Gasteiger partial charge in [0.15, 0.2) is 18.1 Å². The van der Waals surface area contributed by atoms with Gasteiger partial charge in [-0.1, -0.05) is 12.1 Å². The molecule has 0 radical (unpaired) electrons. The topological polar surface area (TPSA) is 77.1 Å². The Balaban J connectivity index is 1.68. The Morgan fingerprint density at radius 2 is 1.86 bits per heavy atom. The zero-order chi connectivity index (χ0) is 20.6. The number of morpholine rings is 1. The highest BCUT2D eigenvalue weighted by Gasteiger charge is 2.19. The maximum Gasteiger partial charge on any atom is 0.260 e. The predicted molar refractivity (Wildman–Crippen MR) is 105 cm³/mol. The maximum absolute atomic E-state index is 13.8. The normalized spacial score (nSPS) is 13.7. The number of carbonyl (C=O) groups excluding carboxylic acids is 2. The van der Waals surface area contributed by atoms with Gasteiger partial charge in [0.25, 0.3) is 11.8 Å². The smallest absolute Gasteiger partial charge is 0.260 e. The summed E-state index contributed by atoms with van der Waals surface area (Å²) in [5, 5.41) is 2.53. The van der Waals surface area contributed by atoms with Gasteiger partial charge in [0, 0.05) is 18.7 Å². The van der Waals surface area contributed by atoms with Gasteiger partial charge in [-0.3, -0.25) is 9.59 Å². The molecule has 154 valence electrons. The quantitative estimate of drug-likeness (QED) is 0.771. The lowest BCUT2D eigenvalue weighted by molar-refractivity contribution is -0.137. The number of nitrogens with zero attached hydrogens (tertiary/aromatic N) is 1. The van der Waals surface area contributed by atoms with E-state index >= 15 is 0 Å². The van der Waals surface area contributed by atoms with Crippen LogP contribution in [0.15, 0.2) is 42.5 Å². The molecule has 1 heterocycles. The number of halogens is 1. The summed E-state index contributed by atoms with van der Waals surface area (Å²) >= 11 is 0. The number of ether oxygens (including phenoxy) is 3. The molecule has 1 aliphatic heterocycles. The van der Waals surface area contributed by atoms with Crippen LogP contribution in [0, 0.1) is 5.82 Å². The third-order valence-electron chi connectivity index (χ3n) is 4.34. The van der Waals surface area contributed by atoms with Gasteiger partial charge < -0.3 is 24.4 Å². The van der Waals surface area contributed by atoms with E-state index in [-0.39, 0.29) is 23.8 Å². The van der Waals surface area contributed by atoms with Crippen molar-refractivity contribution in [2.75, 3.05) is 44.8 Å². The number of nitrogens with one attached hydrogen (secondary N) is 1. The molecule has 0 saturated carbocycles. The Bertz CT molecular complexity index is 868. The SMILES string of the molecule is CCOc1cc(C(=O)Nc2ccccc2F)ccc1OCC(=O)N1CCOCC1. The minimum absolute atomic E-state index is 0.0897. The number of carbonyl (C=O) groups is 2. The molecule has 8 heteroatoms. The first-order chi connectivity index (χ1) is 14.1. The molecule has 1 fully saturated rings. The van der Waals surface area contributed by atoms with Gasteiger partial charge in [0.05, 0.1) is 25.5 Å². The third kappa shape index (κ3) is 5.45. The van der Waals surface area contributed by atoms with Crippen LogP contribution in [0.4, 0.5) is 10.1 Å². The molecule has 2 aromatic carbocycles. The molecule has 1 saturated heterocycles. The van der Waals surface area contributed by atoms with E-state index in [4.69, 9.17) is 14.2 Å². The fraction of sp³-hybridized carbons (Fsp3) is 0.333. The number of anilines is 1. The second kappa shape index (κ2) is 9.88. The second-order valence-electron chi connectivity index (χ2n) is 6.31. The van der Waals surface area contributed by atoms with Crippen molar-refractivity contribution in [3.8, 4) is 11.5 Å². The van der Waals surface area contributed by atoms with Crippen molar-refractivity contribution >= 4 is 17.5 Å². The van der Waals surface area contributed by atoms with Gasteiger partial charge in [-0.15, -0.1) is 0 Å². The molecule has 2 amide bonds. The van der Waals surface area contributed by atoms with E-state index < -0.39 is 11.7 Å². The Hall–Kier alpha value is -3.13. The largest absolute Gasteiger partial charge is 0.490 e. The maximum atomic E-state index is 13.8. The zero-order valence-corrected chi connectivity index (χ0v) is 16.2. The summed E-state index contributed by atoms with van der Waals surface area (Å²) in [5.74, 6) is -0.448. The lowest BCUT2D eigenvalue weighted by Gasteiger charge is -2.26. The van der Waals surface area contributed by atoms with Gasteiger partial charge in [-0.25, -0.2) is 4.39 Å². The first-order valence-electron chi connectivity index (χ1n) is 9.39. The third-order valence-corrected chi connectivity index (χ3v) is 4.34. The molecule has 1 aliphatic rings. The molecule has 2 aromatic rings. The predicted octanol–water partition coefficient (Wildman–Crippen LogP) is 2.71. The first kappa shape index (κ1) is 20.6. The van der Waals surface area contributed by atoms with Gasteiger partial charge in [-0.2, -0.15) is 0 Å². The minimum Gasteiger partial charge on any atom is -0.490 e. The standard InChI is InChI=1S/C21H23FN2O5/c1-2-28-19-13-15(21(26)23-17-6-4-3-5-16(17)22)7-8-18(19)29-14-20(25)24-9-11-27-12-10-24/h3-8,13H,2,9-12,14H2,1H3,(H,23,26). The lowest BCUT2D eigenvalue weighted by atomic mass is 10.1. The summed E-state index contributed by atoms with van der Waals surface area (Å²) in [5.41, 5.74) is 0.371. The van der Waals surface area contributed by atoms with Crippen LogP contribution in [-0.2, 0) is 9.53 Å². The van der Waals surface area contributed by atoms with E-state index in [9.17, 15) is 14.0 Å². The number of rotatable bonds is 7.